The SMILES string of the molecule is CC(C)C1=CCCC=C1F. The van der Waals surface area contributed by atoms with Crippen molar-refractivity contribution < 1.29 is 4.39 Å². The maximum absolute atomic E-state index is 12.9. The number of halogens is 1. The lowest BCUT2D eigenvalue weighted by atomic mass is 9.96. The first-order chi connectivity index (χ1) is 4.72. The predicted octanol–water partition coefficient (Wildman–Crippen LogP) is 3.22. The molecule has 0 nitrogen and oxygen atoms in total. The molecule has 0 aromatic rings. The van der Waals surface area contributed by atoms with Gasteiger partial charge >= 0.3 is 0 Å². The van der Waals surface area contributed by atoms with Crippen molar-refractivity contribution in [2.75, 3.05) is 0 Å². The van der Waals surface area contributed by atoms with Gasteiger partial charge in [0, 0.05) is 0 Å². The third kappa shape index (κ3) is 1.47. The van der Waals surface area contributed by atoms with Crippen LogP contribution in [0.2, 0.25) is 0 Å². The smallest absolute Gasteiger partial charge is 0.122 e. The fourth-order valence-corrected chi connectivity index (χ4v) is 1.18. The van der Waals surface area contributed by atoms with E-state index in [1.807, 2.05) is 19.9 Å². The summed E-state index contributed by atoms with van der Waals surface area (Å²) in [6, 6.07) is 0. The van der Waals surface area contributed by atoms with Gasteiger partial charge in [0.15, 0.2) is 0 Å². The highest BCUT2D eigenvalue weighted by atomic mass is 19.1. The lowest BCUT2D eigenvalue weighted by Crippen LogP contribution is -1.97. The molecule has 10 heavy (non-hydrogen) atoms. The Bertz CT molecular complexity index is 175. The number of hydrogen-bond acceptors (Lipinski definition) is 0. The van der Waals surface area contributed by atoms with Gasteiger partial charge in [-0.25, -0.2) is 4.39 Å². The highest BCUT2D eigenvalue weighted by Crippen LogP contribution is 2.25. The molecule has 0 aromatic heterocycles. The molecule has 1 aliphatic carbocycles. The number of hydrogen-bond donors (Lipinski definition) is 0. The van der Waals surface area contributed by atoms with Crippen LogP contribution in [0.1, 0.15) is 26.7 Å². The molecule has 1 aliphatic rings. The van der Waals surface area contributed by atoms with Gasteiger partial charge in [0.2, 0.25) is 0 Å². The molecule has 0 saturated carbocycles. The van der Waals surface area contributed by atoms with Crippen molar-refractivity contribution >= 4 is 0 Å². The summed E-state index contributed by atoms with van der Waals surface area (Å²) < 4.78 is 12.9. The number of allylic oxidation sites excluding steroid dienone is 4. The van der Waals surface area contributed by atoms with Gasteiger partial charge in [-0.3, -0.25) is 0 Å². The van der Waals surface area contributed by atoms with Gasteiger partial charge in [-0.1, -0.05) is 19.9 Å². The van der Waals surface area contributed by atoms with Crippen LogP contribution >= 0.6 is 0 Å². The second-order valence-corrected chi connectivity index (χ2v) is 2.94. The molecular formula is C9H13F. The summed E-state index contributed by atoms with van der Waals surface area (Å²) in [5.74, 6) is 0.317. The van der Waals surface area contributed by atoms with Crippen LogP contribution in [0.4, 0.5) is 4.39 Å². The normalized spacial score (nSPS) is 18.8. The van der Waals surface area contributed by atoms with Crippen LogP contribution in [0.15, 0.2) is 23.6 Å². The molecule has 1 rings (SSSR count). The Morgan fingerprint density at radius 2 is 1.90 bits per heavy atom. The van der Waals surface area contributed by atoms with Crippen LogP contribution in [0.25, 0.3) is 0 Å². The van der Waals surface area contributed by atoms with E-state index < -0.39 is 0 Å². The van der Waals surface area contributed by atoms with Crippen molar-refractivity contribution in [2.24, 2.45) is 5.92 Å². The average Bonchev–Trinajstić information content (AvgIpc) is 1.88. The Morgan fingerprint density at radius 1 is 1.30 bits per heavy atom. The maximum atomic E-state index is 12.9. The summed E-state index contributed by atoms with van der Waals surface area (Å²) in [5.41, 5.74) is 0.881. The fourth-order valence-electron chi connectivity index (χ4n) is 1.18. The molecule has 0 spiro atoms. The largest absolute Gasteiger partial charge is 0.207 e. The van der Waals surface area contributed by atoms with Crippen LogP contribution in [0.5, 0.6) is 0 Å². The molecule has 0 saturated heterocycles. The first-order valence-electron chi connectivity index (χ1n) is 3.78. The minimum absolute atomic E-state index is 0.0127. The summed E-state index contributed by atoms with van der Waals surface area (Å²) in [6.07, 6.45) is 5.54. The van der Waals surface area contributed by atoms with Gasteiger partial charge in [-0.2, -0.15) is 0 Å². The first kappa shape index (κ1) is 7.52. The molecule has 0 aromatic carbocycles. The second-order valence-electron chi connectivity index (χ2n) is 2.94. The minimum atomic E-state index is -0.0127. The monoisotopic (exact) mass is 140 g/mol. The third-order valence-corrected chi connectivity index (χ3v) is 1.75. The molecule has 0 atom stereocenters. The topological polar surface area (TPSA) is 0 Å². The quantitative estimate of drug-likeness (QED) is 0.524. The Labute approximate surface area is 61.4 Å². The van der Waals surface area contributed by atoms with E-state index in [0.717, 1.165) is 18.4 Å². The van der Waals surface area contributed by atoms with Crippen LogP contribution in [0, 0.1) is 5.92 Å². The van der Waals surface area contributed by atoms with Crippen molar-refractivity contribution in [3.05, 3.63) is 23.6 Å². The lowest BCUT2D eigenvalue weighted by molar-refractivity contribution is 0.592. The van der Waals surface area contributed by atoms with Crippen molar-refractivity contribution in [1.29, 1.82) is 0 Å². The highest BCUT2D eigenvalue weighted by Gasteiger charge is 2.10. The molecular weight excluding hydrogens is 127 g/mol. The minimum Gasteiger partial charge on any atom is -0.207 e. The molecule has 0 N–H and O–H groups in total. The Balaban J connectivity index is 2.74. The standard InChI is InChI=1S/C9H13F/c1-7(2)8-5-3-4-6-9(8)10/h5-7H,3-4H2,1-2H3. The summed E-state index contributed by atoms with van der Waals surface area (Å²) >= 11 is 0. The Hall–Kier alpha value is -0.590. The summed E-state index contributed by atoms with van der Waals surface area (Å²) in [5, 5.41) is 0. The first-order valence-corrected chi connectivity index (χ1v) is 3.78. The zero-order valence-corrected chi connectivity index (χ0v) is 6.52. The van der Waals surface area contributed by atoms with E-state index in [4.69, 9.17) is 0 Å². The lowest BCUT2D eigenvalue weighted by Gasteiger charge is -2.12. The van der Waals surface area contributed by atoms with E-state index in [2.05, 4.69) is 0 Å². The van der Waals surface area contributed by atoms with Crippen molar-refractivity contribution in [2.45, 2.75) is 26.7 Å². The van der Waals surface area contributed by atoms with Crippen molar-refractivity contribution in [3.63, 3.8) is 0 Å². The average molecular weight is 140 g/mol. The van der Waals surface area contributed by atoms with Crippen LogP contribution in [-0.4, -0.2) is 0 Å². The molecule has 56 valence electrons. The molecule has 0 unspecified atom stereocenters. The van der Waals surface area contributed by atoms with Crippen LogP contribution < -0.4 is 0 Å². The summed E-state index contributed by atoms with van der Waals surface area (Å²) in [4.78, 5) is 0. The zero-order valence-electron chi connectivity index (χ0n) is 6.52. The Kier molecular flexibility index (Phi) is 2.25. The van der Waals surface area contributed by atoms with Crippen molar-refractivity contribution in [1.82, 2.24) is 0 Å². The molecule has 0 heterocycles. The van der Waals surface area contributed by atoms with E-state index in [9.17, 15) is 4.39 Å². The maximum Gasteiger partial charge on any atom is 0.122 e. The van der Waals surface area contributed by atoms with Gasteiger partial charge in [-0.15, -0.1) is 0 Å². The highest BCUT2D eigenvalue weighted by molar-refractivity contribution is 5.29. The summed E-state index contributed by atoms with van der Waals surface area (Å²) in [7, 11) is 0. The van der Waals surface area contributed by atoms with Crippen LogP contribution in [0.3, 0.4) is 0 Å². The molecule has 1 heteroatoms. The molecule has 0 fully saturated rings. The van der Waals surface area contributed by atoms with Gasteiger partial charge in [-0.05, 0) is 30.4 Å². The zero-order chi connectivity index (χ0) is 7.56. The van der Waals surface area contributed by atoms with Gasteiger partial charge in [0.1, 0.15) is 5.83 Å². The number of rotatable bonds is 1. The molecule has 0 amide bonds. The van der Waals surface area contributed by atoms with Gasteiger partial charge in [0.25, 0.3) is 0 Å². The predicted molar refractivity (Wildman–Crippen MR) is 41.3 cm³/mol. The molecule has 0 bridgehead atoms. The van der Waals surface area contributed by atoms with E-state index in [1.165, 1.54) is 0 Å². The van der Waals surface area contributed by atoms with Crippen LogP contribution in [-0.2, 0) is 0 Å². The molecule has 0 aliphatic heterocycles. The fraction of sp³-hybridized carbons (Fsp3) is 0.556. The van der Waals surface area contributed by atoms with E-state index in [0.29, 0.717) is 5.92 Å². The van der Waals surface area contributed by atoms with Crippen molar-refractivity contribution in [3.8, 4) is 0 Å². The van der Waals surface area contributed by atoms with E-state index in [-0.39, 0.29) is 5.83 Å². The molecule has 0 radical (unpaired) electrons. The third-order valence-electron chi connectivity index (χ3n) is 1.75. The van der Waals surface area contributed by atoms with E-state index in [1.54, 1.807) is 6.08 Å². The Morgan fingerprint density at radius 3 is 2.30 bits per heavy atom. The summed E-state index contributed by atoms with van der Waals surface area (Å²) in [6.45, 7) is 4.04. The van der Waals surface area contributed by atoms with E-state index >= 15 is 0 Å². The second kappa shape index (κ2) is 3.00. The van der Waals surface area contributed by atoms with Gasteiger partial charge in [0.05, 0.1) is 0 Å². The van der Waals surface area contributed by atoms with Gasteiger partial charge < -0.3 is 0 Å².